The fraction of sp³-hybridized carbons (Fsp3) is 0.118. The summed E-state index contributed by atoms with van der Waals surface area (Å²) in [4.78, 5) is 23.9. The molecule has 8 heteroatoms. The maximum Gasteiger partial charge on any atom is 0.263 e. The summed E-state index contributed by atoms with van der Waals surface area (Å²) >= 11 is 6.37. The average Bonchev–Trinajstić information content (AvgIpc) is 3.36. The van der Waals surface area contributed by atoms with E-state index >= 15 is 0 Å². The van der Waals surface area contributed by atoms with E-state index in [0.29, 0.717) is 22.8 Å². The first-order chi connectivity index (χ1) is 12.3. The first-order valence-electron chi connectivity index (χ1n) is 7.46. The van der Waals surface area contributed by atoms with E-state index in [4.69, 9.17) is 4.98 Å². The molecule has 4 aromatic rings. The molecule has 0 aromatic carbocycles. The molecule has 0 N–H and O–H groups in total. The largest absolute Gasteiger partial charge is 0.283 e. The molecule has 4 heterocycles. The smallest absolute Gasteiger partial charge is 0.263 e. The zero-order chi connectivity index (χ0) is 17.2. The van der Waals surface area contributed by atoms with Crippen LogP contribution in [0.3, 0.4) is 0 Å². The quantitative estimate of drug-likeness (QED) is 0.255. The number of hydrogen-bond donors (Lipinski definition) is 0. The number of fused-ring (bicyclic) bond motifs is 1. The van der Waals surface area contributed by atoms with Gasteiger partial charge in [0, 0.05) is 17.7 Å². The highest BCUT2D eigenvalue weighted by atomic mass is 32.2. The molecule has 0 aliphatic heterocycles. The van der Waals surface area contributed by atoms with Crippen molar-refractivity contribution in [2.24, 2.45) is 0 Å². The van der Waals surface area contributed by atoms with Crippen molar-refractivity contribution in [3.63, 3.8) is 0 Å². The molecule has 0 bridgehead atoms. The molecular weight excluding hydrogens is 390 g/mol. The summed E-state index contributed by atoms with van der Waals surface area (Å²) in [6, 6.07) is 5.94. The summed E-state index contributed by atoms with van der Waals surface area (Å²) in [6.07, 6.45) is 1.73. The van der Waals surface area contributed by atoms with Crippen molar-refractivity contribution in [3.05, 3.63) is 63.0 Å². The number of thiophene rings is 2. The molecule has 0 amide bonds. The van der Waals surface area contributed by atoms with Gasteiger partial charge in [-0.25, -0.2) is 9.97 Å². The normalized spacial score (nSPS) is 11.2. The average molecular weight is 404 g/mol. The number of allylic oxidation sites excluding steroid dienone is 1. The maximum atomic E-state index is 12.6. The van der Waals surface area contributed by atoms with Gasteiger partial charge in [0.05, 0.1) is 16.0 Å². The predicted octanol–water partition coefficient (Wildman–Crippen LogP) is 5.12. The van der Waals surface area contributed by atoms with Crippen LogP contribution >= 0.6 is 45.8 Å². The first-order valence-corrected chi connectivity index (χ1v) is 11.1. The molecule has 4 rings (SSSR count). The molecule has 0 aliphatic carbocycles. The van der Waals surface area contributed by atoms with Gasteiger partial charge in [-0.1, -0.05) is 23.9 Å². The fourth-order valence-corrected chi connectivity index (χ4v) is 5.80. The minimum Gasteiger partial charge on any atom is -0.283 e. The number of nitrogens with zero attached hydrogens (tertiary/aromatic N) is 3. The lowest BCUT2D eigenvalue weighted by Gasteiger charge is -2.09. The molecule has 4 nitrogen and oxygen atoms in total. The summed E-state index contributed by atoms with van der Waals surface area (Å²) in [5.41, 5.74) is 0.996. The molecule has 25 heavy (non-hydrogen) atoms. The zero-order valence-corrected chi connectivity index (χ0v) is 16.3. The zero-order valence-electron chi connectivity index (χ0n) is 13.0. The van der Waals surface area contributed by atoms with E-state index in [0.717, 1.165) is 15.5 Å². The van der Waals surface area contributed by atoms with Crippen molar-refractivity contribution in [1.82, 2.24) is 14.5 Å². The van der Waals surface area contributed by atoms with Crippen molar-refractivity contribution in [2.75, 3.05) is 0 Å². The van der Waals surface area contributed by atoms with Crippen molar-refractivity contribution in [1.29, 1.82) is 0 Å². The van der Waals surface area contributed by atoms with Gasteiger partial charge in [0.25, 0.3) is 5.56 Å². The van der Waals surface area contributed by atoms with Crippen LogP contribution in [0.2, 0.25) is 0 Å². The Morgan fingerprint density at radius 3 is 2.92 bits per heavy atom. The summed E-state index contributed by atoms with van der Waals surface area (Å²) < 4.78 is 1.68. The standard InChI is InChI=1S/C17H13N3OS4/c1-2-6-20-16(21)12-5-8-23-14(12)19-17(20)25-10-11-9-24-15(18-11)13-4-3-7-22-13/h2-5,7-9H,1,6,10H2. The predicted molar refractivity (Wildman–Crippen MR) is 109 cm³/mol. The lowest BCUT2D eigenvalue weighted by molar-refractivity contribution is 0.672. The molecule has 0 saturated carbocycles. The van der Waals surface area contributed by atoms with E-state index in [1.165, 1.54) is 16.2 Å². The van der Waals surface area contributed by atoms with Crippen LogP contribution < -0.4 is 5.56 Å². The molecule has 4 aromatic heterocycles. The van der Waals surface area contributed by atoms with Crippen molar-refractivity contribution in [2.45, 2.75) is 17.5 Å². The molecule has 0 radical (unpaired) electrons. The van der Waals surface area contributed by atoms with Gasteiger partial charge < -0.3 is 0 Å². The lowest BCUT2D eigenvalue weighted by Crippen LogP contribution is -2.22. The highest BCUT2D eigenvalue weighted by Gasteiger charge is 2.13. The number of hydrogen-bond acceptors (Lipinski definition) is 7. The third kappa shape index (κ3) is 3.35. The summed E-state index contributed by atoms with van der Waals surface area (Å²) in [5, 5.41) is 8.45. The van der Waals surface area contributed by atoms with Gasteiger partial charge >= 0.3 is 0 Å². The molecule has 0 aliphatic rings. The molecule has 0 saturated heterocycles. The highest BCUT2D eigenvalue weighted by Crippen LogP contribution is 2.30. The molecule has 0 spiro atoms. The van der Waals surface area contributed by atoms with Gasteiger partial charge in [-0.05, 0) is 22.9 Å². The highest BCUT2D eigenvalue weighted by molar-refractivity contribution is 7.98. The Hall–Kier alpha value is -1.74. The van der Waals surface area contributed by atoms with Crippen LogP contribution in [-0.4, -0.2) is 14.5 Å². The lowest BCUT2D eigenvalue weighted by atomic mass is 10.4. The second kappa shape index (κ2) is 7.25. The summed E-state index contributed by atoms with van der Waals surface area (Å²) in [5.74, 6) is 0.683. The van der Waals surface area contributed by atoms with E-state index in [9.17, 15) is 4.79 Å². The van der Waals surface area contributed by atoms with Crippen LogP contribution in [0.4, 0.5) is 0 Å². The van der Waals surface area contributed by atoms with Crippen LogP contribution in [0.1, 0.15) is 5.69 Å². The van der Waals surface area contributed by atoms with E-state index in [1.54, 1.807) is 45.1 Å². The Balaban J connectivity index is 1.61. The van der Waals surface area contributed by atoms with Crippen molar-refractivity contribution < 1.29 is 0 Å². The number of thiazole rings is 1. The minimum atomic E-state index is -0.00815. The Kier molecular flexibility index (Phi) is 4.85. The first kappa shape index (κ1) is 16.7. The number of rotatable bonds is 6. The van der Waals surface area contributed by atoms with Crippen LogP contribution in [0.5, 0.6) is 0 Å². The third-order valence-electron chi connectivity index (χ3n) is 3.49. The van der Waals surface area contributed by atoms with Gasteiger partial charge in [-0.2, -0.15) is 0 Å². The molecule has 0 atom stereocenters. The number of aromatic nitrogens is 3. The monoisotopic (exact) mass is 403 g/mol. The fourth-order valence-electron chi connectivity index (χ4n) is 2.36. The van der Waals surface area contributed by atoms with Gasteiger partial charge in [0.15, 0.2) is 5.16 Å². The van der Waals surface area contributed by atoms with E-state index in [-0.39, 0.29) is 5.56 Å². The van der Waals surface area contributed by atoms with Gasteiger partial charge in [-0.3, -0.25) is 9.36 Å². The summed E-state index contributed by atoms with van der Waals surface area (Å²) in [7, 11) is 0. The molecular formula is C17H13N3OS4. The minimum absolute atomic E-state index is 0.00815. The topological polar surface area (TPSA) is 47.8 Å². The van der Waals surface area contributed by atoms with E-state index < -0.39 is 0 Å². The van der Waals surface area contributed by atoms with Gasteiger partial charge in [-0.15, -0.1) is 40.6 Å². The van der Waals surface area contributed by atoms with Crippen molar-refractivity contribution in [3.8, 4) is 9.88 Å². The molecule has 126 valence electrons. The third-order valence-corrected chi connectivity index (χ3v) is 7.24. The van der Waals surface area contributed by atoms with Crippen LogP contribution in [-0.2, 0) is 12.3 Å². The molecule has 0 fully saturated rings. The van der Waals surface area contributed by atoms with Crippen LogP contribution in [0.15, 0.2) is 56.9 Å². The Labute approximate surface area is 160 Å². The summed E-state index contributed by atoms with van der Waals surface area (Å²) in [6.45, 7) is 4.21. The van der Waals surface area contributed by atoms with Gasteiger partial charge in [0.1, 0.15) is 9.84 Å². The Morgan fingerprint density at radius 2 is 2.12 bits per heavy atom. The molecule has 0 unspecified atom stereocenters. The van der Waals surface area contributed by atoms with Gasteiger partial charge in [0.2, 0.25) is 0 Å². The van der Waals surface area contributed by atoms with Crippen LogP contribution in [0, 0.1) is 0 Å². The maximum absolute atomic E-state index is 12.6. The van der Waals surface area contributed by atoms with Crippen LogP contribution in [0.25, 0.3) is 20.1 Å². The number of thioether (sulfide) groups is 1. The Bertz CT molecular complexity index is 1080. The Morgan fingerprint density at radius 1 is 1.20 bits per heavy atom. The SMILES string of the molecule is C=CCn1c(SCc2csc(-c3cccs3)n2)nc2sccc2c1=O. The van der Waals surface area contributed by atoms with E-state index in [1.807, 2.05) is 17.5 Å². The van der Waals surface area contributed by atoms with E-state index in [2.05, 4.69) is 28.4 Å². The van der Waals surface area contributed by atoms with Crippen molar-refractivity contribution >= 4 is 56.0 Å². The second-order valence-corrected chi connectivity index (χ2v) is 8.79. The second-order valence-electron chi connectivity index (χ2n) is 5.15.